The molecule has 0 heterocycles. The average Bonchev–Trinajstić information content (AvgIpc) is 2.47. The Bertz CT molecular complexity index is 542. The Hall–Kier alpha value is -1.51. The van der Waals surface area contributed by atoms with Crippen LogP contribution >= 0.6 is 11.6 Å². The highest BCUT2D eigenvalue weighted by Crippen LogP contribution is 2.30. The summed E-state index contributed by atoms with van der Waals surface area (Å²) in [6.07, 6.45) is 0.959. The largest absolute Gasteiger partial charge is 0.487 e. The summed E-state index contributed by atoms with van der Waals surface area (Å²) in [6, 6.07) is 16.0. The lowest BCUT2D eigenvalue weighted by Gasteiger charge is -2.13. The Kier molecular flexibility index (Phi) is 5.45. The molecule has 2 aromatic rings. The Morgan fingerprint density at radius 1 is 1.15 bits per heavy atom. The maximum Gasteiger partial charge on any atom is 0.138 e. The van der Waals surface area contributed by atoms with E-state index in [4.69, 9.17) is 22.1 Å². The van der Waals surface area contributed by atoms with E-state index in [-0.39, 0.29) is 0 Å². The second-order valence-electron chi connectivity index (χ2n) is 4.94. The lowest BCUT2D eigenvalue weighted by molar-refractivity contribution is 0.306. The molecule has 0 aliphatic carbocycles. The van der Waals surface area contributed by atoms with E-state index in [2.05, 4.69) is 13.0 Å². The van der Waals surface area contributed by atoms with Crippen LogP contribution in [0.4, 0.5) is 0 Å². The number of ether oxygens (including phenoxy) is 1. The molecule has 3 heteroatoms. The van der Waals surface area contributed by atoms with E-state index in [1.165, 1.54) is 5.56 Å². The second kappa shape index (κ2) is 7.32. The lowest BCUT2D eigenvalue weighted by atomic mass is 9.98. The minimum absolute atomic E-state index is 0.417. The molecule has 0 aliphatic rings. The summed E-state index contributed by atoms with van der Waals surface area (Å²) in [6.45, 7) is 3.37. The summed E-state index contributed by atoms with van der Waals surface area (Å²) in [5, 5.41) is 0.655. The summed E-state index contributed by atoms with van der Waals surface area (Å²) in [4.78, 5) is 0. The number of rotatable bonds is 6. The zero-order valence-electron chi connectivity index (χ0n) is 11.7. The van der Waals surface area contributed by atoms with Gasteiger partial charge in [-0.25, -0.2) is 0 Å². The first-order valence-corrected chi connectivity index (χ1v) is 7.24. The van der Waals surface area contributed by atoms with Gasteiger partial charge in [0.2, 0.25) is 0 Å². The second-order valence-corrected chi connectivity index (χ2v) is 5.35. The molecule has 2 N–H and O–H groups in total. The molecular weight excluding hydrogens is 270 g/mol. The van der Waals surface area contributed by atoms with Crippen molar-refractivity contribution in [1.29, 1.82) is 0 Å². The van der Waals surface area contributed by atoms with Crippen LogP contribution in [0, 0.1) is 0 Å². The third-order valence-corrected chi connectivity index (χ3v) is 3.66. The quantitative estimate of drug-likeness (QED) is 0.857. The van der Waals surface area contributed by atoms with Crippen molar-refractivity contribution < 1.29 is 4.74 Å². The first-order chi connectivity index (χ1) is 9.70. The van der Waals surface area contributed by atoms with Crippen LogP contribution in [0.5, 0.6) is 5.75 Å². The fourth-order valence-electron chi connectivity index (χ4n) is 2.09. The third-order valence-electron chi connectivity index (χ3n) is 3.36. The molecule has 2 rings (SSSR count). The van der Waals surface area contributed by atoms with Crippen LogP contribution in [0.1, 0.15) is 30.4 Å². The number of halogens is 1. The van der Waals surface area contributed by atoms with Gasteiger partial charge in [0.25, 0.3) is 0 Å². The van der Waals surface area contributed by atoms with Gasteiger partial charge in [-0.1, -0.05) is 54.9 Å². The van der Waals surface area contributed by atoms with E-state index in [1.54, 1.807) is 0 Å². The normalized spacial score (nSPS) is 12.2. The molecule has 0 aromatic heterocycles. The molecule has 20 heavy (non-hydrogen) atoms. The van der Waals surface area contributed by atoms with E-state index in [0.717, 1.165) is 17.7 Å². The van der Waals surface area contributed by atoms with Gasteiger partial charge in [0.15, 0.2) is 0 Å². The van der Waals surface area contributed by atoms with E-state index in [1.807, 2.05) is 42.5 Å². The molecule has 0 aliphatic heterocycles. The minimum atomic E-state index is 0.417. The predicted octanol–water partition coefficient (Wildman–Crippen LogP) is 4.37. The third kappa shape index (κ3) is 3.99. The summed E-state index contributed by atoms with van der Waals surface area (Å²) in [5.41, 5.74) is 7.92. The SMILES string of the molecule is CC(CCN)c1ccc(OCc2ccccc2)c(Cl)c1. The van der Waals surface area contributed by atoms with Crippen LogP contribution in [-0.4, -0.2) is 6.54 Å². The van der Waals surface area contributed by atoms with Gasteiger partial charge in [0.05, 0.1) is 5.02 Å². The van der Waals surface area contributed by atoms with Crippen LogP contribution in [0.15, 0.2) is 48.5 Å². The van der Waals surface area contributed by atoms with Crippen molar-refractivity contribution in [3.63, 3.8) is 0 Å². The van der Waals surface area contributed by atoms with Crippen molar-refractivity contribution in [2.75, 3.05) is 6.54 Å². The molecule has 2 aromatic carbocycles. The van der Waals surface area contributed by atoms with Crippen molar-refractivity contribution >= 4 is 11.6 Å². The molecule has 2 nitrogen and oxygen atoms in total. The molecule has 0 saturated heterocycles. The van der Waals surface area contributed by atoms with E-state index >= 15 is 0 Å². The van der Waals surface area contributed by atoms with Gasteiger partial charge in [-0.3, -0.25) is 0 Å². The van der Waals surface area contributed by atoms with Crippen molar-refractivity contribution in [2.24, 2.45) is 5.73 Å². The molecule has 0 amide bonds. The first kappa shape index (κ1) is 14.9. The molecule has 0 bridgehead atoms. The number of nitrogens with two attached hydrogens (primary N) is 1. The van der Waals surface area contributed by atoms with Gasteiger partial charge in [0.1, 0.15) is 12.4 Å². The van der Waals surface area contributed by atoms with Crippen molar-refractivity contribution in [1.82, 2.24) is 0 Å². The fourth-order valence-corrected chi connectivity index (χ4v) is 2.34. The number of benzene rings is 2. The topological polar surface area (TPSA) is 35.2 Å². The lowest BCUT2D eigenvalue weighted by Crippen LogP contribution is -2.04. The van der Waals surface area contributed by atoms with Crippen molar-refractivity contribution in [2.45, 2.75) is 25.9 Å². The predicted molar refractivity (Wildman–Crippen MR) is 84.3 cm³/mol. The van der Waals surface area contributed by atoms with Gasteiger partial charge >= 0.3 is 0 Å². The van der Waals surface area contributed by atoms with Crippen LogP contribution in [0.3, 0.4) is 0 Å². The fraction of sp³-hybridized carbons (Fsp3) is 0.294. The molecule has 0 saturated carbocycles. The number of hydrogen-bond acceptors (Lipinski definition) is 2. The molecular formula is C17H20ClNO. The maximum atomic E-state index is 6.28. The van der Waals surface area contributed by atoms with Gasteiger partial charge in [0, 0.05) is 0 Å². The Morgan fingerprint density at radius 3 is 2.55 bits per heavy atom. The van der Waals surface area contributed by atoms with Crippen LogP contribution < -0.4 is 10.5 Å². The highest BCUT2D eigenvalue weighted by Gasteiger charge is 2.08. The highest BCUT2D eigenvalue weighted by atomic mass is 35.5. The van der Waals surface area contributed by atoms with Gasteiger partial charge in [-0.15, -0.1) is 0 Å². The first-order valence-electron chi connectivity index (χ1n) is 6.87. The van der Waals surface area contributed by atoms with E-state index in [9.17, 15) is 0 Å². The molecule has 106 valence electrons. The Balaban J connectivity index is 2.02. The van der Waals surface area contributed by atoms with Crippen molar-refractivity contribution in [3.8, 4) is 5.75 Å². The Labute approximate surface area is 125 Å². The summed E-state index contributed by atoms with van der Waals surface area (Å²) in [5.74, 6) is 1.14. The summed E-state index contributed by atoms with van der Waals surface area (Å²) < 4.78 is 5.76. The van der Waals surface area contributed by atoms with E-state index in [0.29, 0.717) is 24.1 Å². The molecule has 1 atom stereocenters. The van der Waals surface area contributed by atoms with Crippen LogP contribution in [-0.2, 0) is 6.61 Å². The molecule has 1 unspecified atom stereocenters. The van der Waals surface area contributed by atoms with Gasteiger partial charge < -0.3 is 10.5 Å². The minimum Gasteiger partial charge on any atom is -0.487 e. The van der Waals surface area contributed by atoms with Crippen molar-refractivity contribution in [3.05, 3.63) is 64.7 Å². The monoisotopic (exact) mass is 289 g/mol. The standard InChI is InChI=1S/C17H20ClNO/c1-13(9-10-19)15-7-8-17(16(18)11-15)20-12-14-5-3-2-4-6-14/h2-8,11,13H,9-10,12,19H2,1H3. The number of hydrogen-bond donors (Lipinski definition) is 1. The molecule has 0 fully saturated rings. The Morgan fingerprint density at radius 2 is 1.90 bits per heavy atom. The maximum absolute atomic E-state index is 6.28. The highest BCUT2D eigenvalue weighted by molar-refractivity contribution is 6.32. The van der Waals surface area contributed by atoms with E-state index < -0.39 is 0 Å². The molecule has 0 radical (unpaired) electrons. The zero-order chi connectivity index (χ0) is 14.4. The zero-order valence-corrected chi connectivity index (χ0v) is 12.4. The smallest absolute Gasteiger partial charge is 0.138 e. The molecule has 0 spiro atoms. The van der Waals surface area contributed by atoms with Crippen LogP contribution in [0.2, 0.25) is 5.02 Å². The van der Waals surface area contributed by atoms with Gasteiger partial charge in [-0.2, -0.15) is 0 Å². The van der Waals surface area contributed by atoms with Gasteiger partial charge in [-0.05, 0) is 42.1 Å². The summed E-state index contributed by atoms with van der Waals surface area (Å²) >= 11 is 6.28. The van der Waals surface area contributed by atoms with Crippen LogP contribution in [0.25, 0.3) is 0 Å². The average molecular weight is 290 g/mol. The summed E-state index contributed by atoms with van der Waals surface area (Å²) in [7, 11) is 0.